The van der Waals surface area contributed by atoms with Gasteiger partial charge in [-0.3, -0.25) is 9.69 Å². The molecule has 3 aromatic rings. The van der Waals surface area contributed by atoms with E-state index in [2.05, 4.69) is 31.5 Å². The van der Waals surface area contributed by atoms with Gasteiger partial charge in [0.25, 0.3) is 0 Å². The molecule has 168 valence electrons. The number of rotatable bonds is 4. The Morgan fingerprint density at radius 3 is 2.91 bits per heavy atom. The molecule has 5 rings (SSSR count). The van der Waals surface area contributed by atoms with Crippen LogP contribution >= 0.6 is 0 Å². The van der Waals surface area contributed by atoms with Crippen molar-refractivity contribution in [2.24, 2.45) is 0 Å². The molecule has 0 spiro atoms. The Hall–Kier alpha value is -3.68. The number of carbonyl (C=O) groups is 1. The van der Waals surface area contributed by atoms with Crippen molar-refractivity contribution in [3.63, 3.8) is 0 Å². The Bertz CT molecular complexity index is 1170. The van der Waals surface area contributed by atoms with Gasteiger partial charge in [-0.2, -0.15) is 9.94 Å². The zero-order chi connectivity index (χ0) is 22.8. The molecule has 33 heavy (non-hydrogen) atoms. The van der Waals surface area contributed by atoms with Crippen molar-refractivity contribution in [1.82, 2.24) is 35.0 Å². The van der Waals surface area contributed by atoms with Crippen molar-refractivity contribution in [2.45, 2.75) is 25.5 Å². The Labute approximate surface area is 191 Å². The van der Waals surface area contributed by atoms with Gasteiger partial charge in [-0.15, -0.1) is 5.10 Å². The molecule has 0 bridgehead atoms. The smallest absolute Gasteiger partial charge is 0.227 e. The lowest BCUT2D eigenvalue weighted by molar-refractivity contribution is -0.139. The lowest BCUT2D eigenvalue weighted by atomic mass is 9.96. The number of aromatic nitrogens is 5. The van der Waals surface area contributed by atoms with Gasteiger partial charge in [-0.05, 0) is 46.2 Å². The second-order valence-corrected chi connectivity index (χ2v) is 8.40. The number of fused-ring (bicyclic) bond motifs is 1. The van der Waals surface area contributed by atoms with E-state index >= 15 is 0 Å². The van der Waals surface area contributed by atoms with E-state index in [0.29, 0.717) is 37.5 Å². The average molecular weight is 444 g/mol. The number of piperazine rings is 1. The van der Waals surface area contributed by atoms with E-state index in [-0.39, 0.29) is 18.1 Å². The molecule has 10 heteroatoms. The largest absolute Gasteiger partial charge is 0.370 e. The molecular formula is C23H24N8O2. The lowest BCUT2D eigenvalue weighted by Gasteiger charge is -2.46. The Morgan fingerprint density at radius 2 is 2.15 bits per heavy atom. The summed E-state index contributed by atoms with van der Waals surface area (Å²) in [6.45, 7) is 5.46. The highest BCUT2D eigenvalue weighted by atomic mass is 16.5. The van der Waals surface area contributed by atoms with E-state index in [1.165, 1.54) is 11.0 Å². The summed E-state index contributed by atoms with van der Waals surface area (Å²) in [5, 5.41) is 20.3. The van der Waals surface area contributed by atoms with Gasteiger partial charge in [-0.1, -0.05) is 18.2 Å². The Kier molecular flexibility index (Phi) is 5.81. The van der Waals surface area contributed by atoms with Crippen LogP contribution < -0.4 is 0 Å². The molecule has 2 aliphatic rings. The van der Waals surface area contributed by atoms with Crippen LogP contribution in [0.25, 0.3) is 5.82 Å². The number of nitriles is 1. The minimum absolute atomic E-state index is 0.0541. The van der Waals surface area contributed by atoms with Gasteiger partial charge in [-0.25, -0.2) is 4.98 Å². The van der Waals surface area contributed by atoms with E-state index < -0.39 is 0 Å². The number of nitrogens with zero attached hydrogens (tertiary/aromatic N) is 8. The topological polar surface area (TPSA) is 113 Å². The van der Waals surface area contributed by atoms with Crippen LogP contribution in [-0.2, 0) is 16.0 Å². The van der Waals surface area contributed by atoms with E-state index in [0.717, 1.165) is 29.8 Å². The van der Waals surface area contributed by atoms with Crippen LogP contribution in [0.5, 0.6) is 0 Å². The summed E-state index contributed by atoms with van der Waals surface area (Å²) in [6.07, 6.45) is 3.42. The number of morpholine rings is 1. The van der Waals surface area contributed by atoms with Crippen LogP contribution in [0.4, 0.5) is 0 Å². The number of pyridine rings is 1. The summed E-state index contributed by atoms with van der Waals surface area (Å²) in [4.78, 5) is 21.6. The van der Waals surface area contributed by atoms with E-state index in [9.17, 15) is 10.1 Å². The third-order valence-electron chi connectivity index (χ3n) is 6.44. The molecule has 2 saturated heterocycles. The minimum Gasteiger partial charge on any atom is -0.370 e. The highest BCUT2D eigenvalue weighted by molar-refractivity contribution is 5.79. The summed E-state index contributed by atoms with van der Waals surface area (Å²) in [5.41, 5.74) is 3.60. The van der Waals surface area contributed by atoms with Gasteiger partial charge in [0.05, 0.1) is 36.8 Å². The highest BCUT2D eigenvalue weighted by Gasteiger charge is 2.36. The highest BCUT2D eigenvalue weighted by Crippen LogP contribution is 2.30. The van der Waals surface area contributed by atoms with Crippen molar-refractivity contribution in [1.29, 1.82) is 5.26 Å². The van der Waals surface area contributed by atoms with Gasteiger partial charge in [0.1, 0.15) is 6.33 Å². The first-order valence-corrected chi connectivity index (χ1v) is 10.9. The van der Waals surface area contributed by atoms with E-state index in [4.69, 9.17) is 4.74 Å². The number of benzene rings is 1. The molecule has 10 nitrogen and oxygen atoms in total. The molecular weight excluding hydrogens is 420 g/mol. The third-order valence-corrected chi connectivity index (χ3v) is 6.44. The predicted octanol–water partition coefficient (Wildman–Crippen LogP) is 1.06. The zero-order valence-corrected chi connectivity index (χ0v) is 18.3. The molecule has 2 atom stereocenters. The molecule has 0 N–H and O–H groups in total. The number of hydrogen-bond donors (Lipinski definition) is 0. The van der Waals surface area contributed by atoms with Crippen LogP contribution in [0.2, 0.25) is 0 Å². The minimum atomic E-state index is -0.0541. The maximum atomic E-state index is 12.9. The third kappa shape index (κ3) is 4.33. The van der Waals surface area contributed by atoms with Gasteiger partial charge in [0.15, 0.2) is 5.82 Å². The van der Waals surface area contributed by atoms with Gasteiger partial charge in [0.2, 0.25) is 5.91 Å². The molecule has 1 aromatic carbocycles. The maximum absolute atomic E-state index is 12.9. The van der Waals surface area contributed by atoms with Crippen LogP contribution in [0.15, 0.2) is 42.9 Å². The Balaban J connectivity index is 1.18. The number of ether oxygens (including phenoxy) is 1. The second-order valence-electron chi connectivity index (χ2n) is 8.40. The molecule has 1 amide bonds. The van der Waals surface area contributed by atoms with Crippen molar-refractivity contribution < 1.29 is 9.53 Å². The molecule has 4 heterocycles. The first-order valence-electron chi connectivity index (χ1n) is 10.9. The summed E-state index contributed by atoms with van der Waals surface area (Å²) in [7, 11) is 0. The van der Waals surface area contributed by atoms with Gasteiger partial charge in [0, 0.05) is 32.4 Å². The van der Waals surface area contributed by atoms with Crippen LogP contribution in [0, 0.1) is 18.3 Å². The zero-order valence-electron chi connectivity index (χ0n) is 18.3. The molecule has 0 unspecified atom stereocenters. The SMILES string of the molecule is Cc1c(C#N)cccc1[C@H]1CN2CCN(C(=O)Cc3ccc(-n4cnnn4)nc3)C[C@H]2CO1. The van der Waals surface area contributed by atoms with Crippen LogP contribution in [0.3, 0.4) is 0 Å². The fraction of sp³-hybridized carbons (Fsp3) is 0.391. The predicted molar refractivity (Wildman–Crippen MR) is 117 cm³/mol. The standard InChI is InChI=1S/C23H24N8O2/c1-16-18(10-24)3-2-4-20(16)21-13-29-7-8-30(12-19(29)14-33-21)23(32)9-17-5-6-22(25-11-17)31-15-26-27-28-31/h2-6,11,15,19,21H,7-9,12-14H2,1H3/t19-,21+/m0/s1. The summed E-state index contributed by atoms with van der Waals surface area (Å²) in [5.74, 6) is 0.695. The molecule has 0 aliphatic carbocycles. The number of carbonyl (C=O) groups excluding carboxylic acids is 1. The first kappa shape index (κ1) is 21.2. The van der Waals surface area contributed by atoms with E-state index in [1.54, 1.807) is 12.3 Å². The van der Waals surface area contributed by atoms with Crippen LogP contribution in [-0.4, -0.2) is 79.7 Å². The summed E-state index contributed by atoms with van der Waals surface area (Å²) >= 11 is 0. The molecule has 2 aliphatic heterocycles. The maximum Gasteiger partial charge on any atom is 0.227 e. The number of hydrogen-bond acceptors (Lipinski definition) is 8. The molecule has 0 saturated carbocycles. The Morgan fingerprint density at radius 1 is 1.24 bits per heavy atom. The molecule has 0 radical (unpaired) electrons. The summed E-state index contributed by atoms with van der Waals surface area (Å²) in [6, 6.07) is 11.9. The van der Waals surface area contributed by atoms with Gasteiger partial charge < -0.3 is 9.64 Å². The van der Waals surface area contributed by atoms with Gasteiger partial charge >= 0.3 is 0 Å². The fourth-order valence-electron chi connectivity index (χ4n) is 4.53. The average Bonchev–Trinajstić information content (AvgIpc) is 3.39. The first-order chi connectivity index (χ1) is 16.1. The van der Waals surface area contributed by atoms with Crippen LogP contribution in [0.1, 0.15) is 28.4 Å². The van der Waals surface area contributed by atoms with Crippen molar-refractivity contribution in [3.05, 3.63) is 65.1 Å². The van der Waals surface area contributed by atoms with Crippen molar-refractivity contribution in [2.75, 3.05) is 32.8 Å². The monoisotopic (exact) mass is 444 g/mol. The number of amides is 1. The van der Waals surface area contributed by atoms with E-state index in [1.807, 2.05) is 36.1 Å². The molecule has 2 aromatic heterocycles. The fourth-order valence-corrected chi connectivity index (χ4v) is 4.53. The van der Waals surface area contributed by atoms with Crippen molar-refractivity contribution >= 4 is 5.91 Å². The van der Waals surface area contributed by atoms with Crippen molar-refractivity contribution in [3.8, 4) is 11.9 Å². The molecule has 2 fully saturated rings. The summed E-state index contributed by atoms with van der Waals surface area (Å²) < 4.78 is 7.66. The number of tetrazole rings is 1. The normalized spacial score (nSPS) is 20.8. The lowest BCUT2D eigenvalue weighted by Crippen LogP contribution is -2.59. The second kappa shape index (κ2) is 9.05. The quantitative estimate of drug-likeness (QED) is 0.587.